The highest BCUT2D eigenvalue weighted by Crippen LogP contribution is 2.32. The molecule has 1 aliphatic heterocycles. The van der Waals surface area contributed by atoms with Crippen molar-refractivity contribution in [3.05, 3.63) is 23.8 Å². The van der Waals surface area contributed by atoms with Gasteiger partial charge in [-0.2, -0.15) is 0 Å². The third kappa shape index (κ3) is 2.32. The lowest BCUT2D eigenvalue weighted by Crippen LogP contribution is -2.38. The quantitative estimate of drug-likeness (QED) is 0.583. The third-order valence-corrected chi connectivity index (χ3v) is 3.04. The monoisotopic (exact) mass is 265 g/mol. The number of hydrogen-bond donors (Lipinski definition) is 0. The van der Waals surface area contributed by atoms with Crippen LogP contribution in [0.1, 0.15) is 10.4 Å². The summed E-state index contributed by atoms with van der Waals surface area (Å²) >= 11 is 0. The van der Waals surface area contributed by atoms with E-state index in [2.05, 4.69) is 0 Å². The van der Waals surface area contributed by atoms with Crippen molar-refractivity contribution in [3.8, 4) is 5.75 Å². The predicted molar refractivity (Wildman–Crippen MR) is 67.5 cm³/mol. The molecule has 102 valence electrons. The number of ether oxygens (including phenoxy) is 3. The number of rotatable bonds is 5. The first-order valence-corrected chi connectivity index (χ1v) is 5.72. The standard InChI is InChI=1S/C13H15NO5/c1-17-8-4-5-9-10(6-8)14(13(16)12(9)15)7-11(18-2)19-3/h4-6,11H,7H2,1-3H3. The number of anilines is 1. The molecule has 0 unspecified atom stereocenters. The Kier molecular flexibility index (Phi) is 3.82. The SMILES string of the molecule is COc1ccc2c(c1)N(CC(OC)OC)C(=O)C2=O. The van der Waals surface area contributed by atoms with Crippen LogP contribution in [0.2, 0.25) is 0 Å². The van der Waals surface area contributed by atoms with Gasteiger partial charge in [-0.25, -0.2) is 0 Å². The zero-order valence-electron chi connectivity index (χ0n) is 11.0. The summed E-state index contributed by atoms with van der Waals surface area (Å²) in [6.07, 6.45) is -0.589. The molecule has 0 saturated carbocycles. The molecule has 0 aromatic heterocycles. The maximum Gasteiger partial charge on any atom is 0.299 e. The number of carbonyl (C=O) groups excluding carboxylic acids is 2. The maximum absolute atomic E-state index is 12.0. The maximum atomic E-state index is 12.0. The molecular weight excluding hydrogens is 250 g/mol. The first-order valence-electron chi connectivity index (χ1n) is 5.72. The molecule has 2 rings (SSSR count). The Bertz CT molecular complexity index is 510. The van der Waals surface area contributed by atoms with Crippen LogP contribution in [-0.2, 0) is 14.3 Å². The van der Waals surface area contributed by atoms with E-state index in [0.29, 0.717) is 17.0 Å². The summed E-state index contributed by atoms with van der Waals surface area (Å²) in [5.41, 5.74) is 0.894. The number of amides is 1. The average molecular weight is 265 g/mol. The van der Waals surface area contributed by atoms with Crippen molar-refractivity contribution in [1.29, 1.82) is 0 Å². The average Bonchev–Trinajstić information content (AvgIpc) is 2.68. The van der Waals surface area contributed by atoms with Gasteiger partial charge in [0.05, 0.1) is 24.9 Å². The predicted octanol–water partition coefficient (Wildman–Crippen LogP) is 0.843. The van der Waals surface area contributed by atoms with Crippen LogP contribution in [0.3, 0.4) is 0 Å². The van der Waals surface area contributed by atoms with Crippen molar-refractivity contribution in [3.63, 3.8) is 0 Å². The fraction of sp³-hybridized carbons (Fsp3) is 0.385. The molecule has 1 aromatic carbocycles. The lowest BCUT2D eigenvalue weighted by Gasteiger charge is -2.22. The molecule has 1 heterocycles. The molecule has 1 aromatic rings. The molecular formula is C13H15NO5. The Morgan fingerprint density at radius 3 is 2.42 bits per heavy atom. The number of carbonyl (C=O) groups is 2. The van der Waals surface area contributed by atoms with Crippen molar-refractivity contribution in [2.75, 3.05) is 32.8 Å². The number of Topliss-reactive ketones (excluding diaryl/α,β-unsaturated/α-hetero) is 1. The number of benzene rings is 1. The van der Waals surface area contributed by atoms with E-state index in [4.69, 9.17) is 14.2 Å². The van der Waals surface area contributed by atoms with Crippen LogP contribution in [0.5, 0.6) is 5.75 Å². The topological polar surface area (TPSA) is 65.1 Å². The summed E-state index contributed by atoms with van der Waals surface area (Å²) in [7, 11) is 4.48. The summed E-state index contributed by atoms with van der Waals surface area (Å²) < 4.78 is 15.2. The Hall–Kier alpha value is -1.92. The first-order chi connectivity index (χ1) is 9.12. The molecule has 0 atom stereocenters. The molecule has 0 aliphatic carbocycles. The molecule has 0 N–H and O–H groups in total. The lowest BCUT2D eigenvalue weighted by atomic mass is 10.1. The van der Waals surface area contributed by atoms with E-state index in [1.165, 1.54) is 26.2 Å². The Balaban J connectivity index is 2.36. The molecule has 6 heteroatoms. The largest absolute Gasteiger partial charge is 0.497 e. The number of ketones is 1. The van der Waals surface area contributed by atoms with E-state index in [-0.39, 0.29) is 6.54 Å². The normalized spacial score (nSPS) is 14.2. The van der Waals surface area contributed by atoms with Crippen molar-refractivity contribution in [1.82, 2.24) is 0 Å². The van der Waals surface area contributed by atoms with Crippen molar-refractivity contribution in [2.24, 2.45) is 0 Å². The van der Waals surface area contributed by atoms with Crippen LogP contribution in [-0.4, -0.2) is 45.9 Å². The molecule has 19 heavy (non-hydrogen) atoms. The molecule has 0 fully saturated rings. The molecule has 1 amide bonds. The number of nitrogens with zero attached hydrogens (tertiary/aromatic N) is 1. The van der Waals surface area contributed by atoms with Gasteiger partial charge in [-0.1, -0.05) is 0 Å². The van der Waals surface area contributed by atoms with Gasteiger partial charge in [0.15, 0.2) is 6.29 Å². The second-order valence-electron chi connectivity index (χ2n) is 4.03. The van der Waals surface area contributed by atoms with E-state index < -0.39 is 18.0 Å². The zero-order chi connectivity index (χ0) is 14.0. The van der Waals surface area contributed by atoms with E-state index in [0.717, 1.165) is 0 Å². The molecule has 0 radical (unpaired) electrons. The van der Waals surface area contributed by atoms with Crippen LogP contribution in [0.25, 0.3) is 0 Å². The van der Waals surface area contributed by atoms with Crippen LogP contribution in [0, 0.1) is 0 Å². The zero-order valence-corrected chi connectivity index (χ0v) is 11.0. The van der Waals surface area contributed by atoms with Gasteiger partial charge in [-0.05, 0) is 12.1 Å². The fourth-order valence-electron chi connectivity index (χ4n) is 1.98. The Labute approximate surface area is 110 Å². The van der Waals surface area contributed by atoms with Gasteiger partial charge in [-0.15, -0.1) is 0 Å². The van der Waals surface area contributed by atoms with Gasteiger partial charge >= 0.3 is 0 Å². The minimum atomic E-state index is -0.589. The Morgan fingerprint density at radius 1 is 1.16 bits per heavy atom. The van der Waals surface area contributed by atoms with E-state index in [9.17, 15) is 9.59 Å². The minimum absolute atomic E-state index is 0.151. The summed E-state index contributed by atoms with van der Waals surface area (Å²) in [6, 6.07) is 4.89. The minimum Gasteiger partial charge on any atom is -0.497 e. The van der Waals surface area contributed by atoms with Gasteiger partial charge in [0.1, 0.15) is 5.75 Å². The summed E-state index contributed by atoms with van der Waals surface area (Å²) in [5, 5.41) is 0. The van der Waals surface area contributed by atoms with Gasteiger partial charge < -0.3 is 14.2 Å². The van der Waals surface area contributed by atoms with E-state index in [1.807, 2.05) is 0 Å². The summed E-state index contributed by atoms with van der Waals surface area (Å²) in [5.74, 6) is -0.524. The molecule has 0 saturated heterocycles. The van der Waals surface area contributed by atoms with Crippen LogP contribution in [0.4, 0.5) is 5.69 Å². The summed E-state index contributed by atoms with van der Waals surface area (Å²) in [6.45, 7) is 0.151. The first kappa shape index (κ1) is 13.5. The highest BCUT2D eigenvalue weighted by Gasteiger charge is 2.37. The van der Waals surface area contributed by atoms with Gasteiger partial charge in [0.2, 0.25) is 0 Å². The van der Waals surface area contributed by atoms with E-state index in [1.54, 1.807) is 18.2 Å². The van der Waals surface area contributed by atoms with Crippen molar-refractivity contribution in [2.45, 2.75) is 6.29 Å². The lowest BCUT2D eigenvalue weighted by molar-refractivity contribution is -0.119. The van der Waals surface area contributed by atoms with E-state index >= 15 is 0 Å². The van der Waals surface area contributed by atoms with Crippen LogP contribution < -0.4 is 9.64 Å². The second-order valence-corrected chi connectivity index (χ2v) is 4.03. The molecule has 0 spiro atoms. The van der Waals surface area contributed by atoms with Gasteiger partial charge in [0.25, 0.3) is 11.7 Å². The van der Waals surface area contributed by atoms with Crippen molar-refractivity contribution >= 4 is 17.4 Å². The second kappa shape index (κ2) is 5.38. The number of fused-ring (bicyclic) bond motifs is 1. The summed E-state index contributed by atoms with van der Waals surface area (Å²) in [4.78, 5) is 25.1. The third-order valence-electron chi connectivity index (χ3n) is 3.04. The van der Waals surface area contributed by atoms with Crippen LogP contribution >= 0.6 is 0 Å². The van der Waals surface area contributed by atoms with Gasteiger partial charge in [-0.3, -0.25) is 14.5 Å². The number of methoxy groups -OCH3 is 3. The highest BCUT2D eigenvalue weighted by molar-refractivity contribution is 6.52. The molecule has 6 nitrogen and oxygen atoms in total. The van der Waals surface area contributed by atoms with Crippen molar-refractivity contribution < 1.29 is 23.8 Å². The van der Waals surface area contributed by atoms with Crippen LogP contribution in [0.15, 0.2) is 18.2 Å². The molecule has 1 aliphatic rings. The highest BCUT2D eigenvalue weighted by atomic mass is 16.7. The smallest absolute Gasteiger partial charge is 0.299 e. The fourth-order valence-corrected chi connectivity index (χ4v) is 1.98. The molecule has 0 bridgehead atoms. The Morgan fingerprint density at radius 2 is 1.84 bits per heavy atom. The van der Waals surface area contributed by atoms with Gasteiger partial charge in [0, 0.05) is 20.3 Å². The number of hydrogen-bond acceptors (Lipinski definition) is 5.